The second kappa shape index (κ2) is 43.8. The number of likely N-dealkylation sites (N-methyl/N-ethyl adjacent to an activating group) is 7. The van der Waals surface area contributed by atoms with Crippen LogP contribution in [0.1, 0.15) is 181 Å². The number of rotatable bonds is 24. The molecule has 0 saturated carbocycles. The highest BCUT2D eigenvalue weighted by Crippen LogP contribution is 2.29. The summed E-state index contributed by atoms with van der Waals surface area (Å²) in [5, 5.41) is 18.9. The molecule has 10 amide bonds. The normalized spacial score (nSPS) is 26.5. The molecule has 2 aliphatic rings. The number of aliphatic hydroxyl groups is 1. The number of carbonyl (C=O) groups excluding carboxylic acids is 12. The van der Waals surface area contributed by atoms with E-state index < -0.39 is 167 Å². The molecular formula is C74H133N11O17. The van der Waals surface area contributed by atoms with E-state index in [2.05, 4.69) is 15.5 Å². The van der Waals surface area contributed by atoms with Crippen LogP contribution < -0.4 is 10.6 Å². The number of unbranched alkanes of at least 4 members (excludes halogenated alkanes) is 2. The van der Waals surface area contributed by atoms with Crippen LogP contribution in [-0.4, -0.2) is 296 Å². The Hall–Kier alpha value is -6.36. The van der Waals surface area contributed by atoms with Crippen molar-refractivity contribution in [3.8, 4) is 0 Å². The molecular weight excluding hydrogens is 1310 g/mol. The summed E-state index contributed by atoms with van der Waals surface area (Å²) < 4.78 is 17.2. The number of nitrogens with zero attached hydrogens (tertiary/aromatic N) is 9. The number of hydrogen-bond donors (Lipinski definition) is 3. The predicted octanol–water partition coefficient (Wildman–Crippen LogP) is 5.14. The molecule has 28 heteroatoms. The molecule has 0 spiro atoms. The Morgan fingerprint density at radius 3 is 1.57 bits per heavy atom. The van der Waals surface area contributed by atoms with Gasteiger partial charge < -0.3 is 64.3 Å². The molecule has 2 fully saturated rings. The van der Waals surface area contributed by atoms with Crippen molar-refractivity contribution >= 4 is 70.8 Å². The standard InChI is InChI=1S/C74H133N11O17/c1-26-55-70(94)77(17)52(15)68(92)82(22)62(53(16)101-35-30-28-32-85-33-37-100-38-34-85)60(87)43-54(47(8)9)69(93)78(18)56(39-44(2)3)59(86)42-50(13)65(89)75-51(14)67(91)79(19)57(40-45(4)5)71(95)80(20)58(41-46(6)7)72(96)81(21)61(48(10)11)73(97)83(23)63(66(90)76-55)64(88)49(12)31-27-29-36-102-74(98)84(24)99-25/h44-58,61-64,88H,26-43H2,1-25H3,(H,75,89)(H,76,90)/t49-,50-,51-,52-,53-,54+,55+,56+,57+,58+,61+,62+,63+,64-/m1/s1. The first-order valence-corrected chi connectivity index (χ1v) is 37.1. The Labute approximate surface area is 609 Å². The van der Waals surface area contributed by atoms with E-state index >= 15 is 33.6 Å². The molecule has 102 heavy (non-hydrogen) atoms. The summed E-state index contributed by atoms with van der Waals surface area (Å²) in [7, 11) is 12.7. The lowest BCUT2D eigenvalue weighted by Crippen LogP contribution is -2.64. The van der Waals surface area contributed by atoms with Gasteiger partial charge in [0.15, 0.2) is 11.6 Å². The second-order valence-electron chi connectivity index (χ2n) is 30.6. The topological polar surface area (TPSA) is 315 Å². The van der Waals surface area contributed by atoms with E-state index in [1.54, 1.807) is 55.4 Å². The van der Waals surface area contributed by atoms with Crippen molar-refractivity contribution in [1.29, 1.82) is 0 Å². The van der Waals surface area contributed by atoms with E-state index in [1.807, 2.05) is 41.5 Å². The molecule has 28 nitrogen and oxygen atoms in total. The highest BCUT2D eigenvalue weighted by Gasteiger charge is 2.47. The van der Waals surface area contributed by atoms with Gasteiger partial charge in [-0.1, -0.05) is 90.0 Å². The number of ether oxygens (including phenoxy) is 3. The monoisotopic (exact) mass is 1450 g/mol. The number of aliphatic hydroxyl groups excluding tert-OH is 1. The maximum atomic E-state index is 15.5. The maximum Gasteiger partial charge on any atom is 0.433 e. The number of hydroxylamine groups is 2. The van der Waals surface area contributed by atoms with E-state index in [0.717, 1.165) is 40.9 Å². The number of amides is 10. The largest absolute Gasteiger partial charge is 0.448 e. The third kappa shape index (κ3) is 26.7. The minimum absolute atomic E-state index is 0.00297. The third-order valence-electron chi connectivity index (χ3n) is 20.3. The SMILES string of the molecule is CC[C@@H]1NC(=O)[C@H]([C@H](O)[C@H](C)CCCCOC(=O)N(C)OC)N(C)C(=O)[C@H](C(C)C)N(C)C(=O)[C@H](CC(C)C)N(C)C(=O)[C@H](CC(C)C)N(C)C(=O)[C@@H](C)NC(=O)[C@H](C)CC(=O)[C@H](CC(C)C)N(C)C(=O)[C@H](C(C)C)CC(=O)[C@H]([C@@H](C)OCCCCN2CCOCC2)N(C)C(=O)[C@@H](C)N(C)C1=O. The zero-order valence-corrected chi connectivity index (χ0v) is 66.7. The fraction of sp³-hybridized carbons (Fsp3) is 0.838. The lowest BCUT2D eigenvalue weighted by Gasteiger charge is -2.41. The zero-order valence-electron chi connectivity index (χ0n) is 66.7. The second-order valence-corrected chi connectivity index (χ2v) is 30.6. The maximum absolute atomic E-state index is 15.5. The van der Waals surface area contributed by atoms with Gasteiger partial charge in [-0.3, -0.25) is 62.5 Å². The highest BCUT2D eigenvalue weighted by atomic mass is 16.7. The van der Waals surface area contributed by atoms with Gasteiger partial charge >= 0.3 is 6.09 Å². The molecule has 0 aliphatic carbocycles. The van der Waals surface area contributed by atoms with Gasteiger partial charge in [0.2, 0.25) is 53.2 Å². The van der Waals surface area contributed by atoms with Crippen LogP contribution in [0.4, 0.5) is 4.79 Å². The van der Waals surface area contributed by atoms with Crippen LogP contribution in [0, 0.1) is 47.3 Å². The third-order valence-corrected chi connectivity index (χ3v) is 20.3. The molecule has 0 bridgehead atoms. The van der Waals surface area contributed by atoms with E-state index in [0.29, 0.717) is 32.5 Å². The Morgan fingerprint density at radius 1 is 0.549 bits per heavy atom. The first kappa shape index (κ1) is 91.7. The summed E-state index contributed by atoms with van der Waals surface area (Å²) in [5.74, 6) is -11.4. The summed E-state index contributed by atoms with van der Waals surface area (Å²) in [6.07, 6.45) is -1.14. The van der Waals surface area contributed by atoms with Crippen molar-refractivity contribution in [2.75, 3.05) is 110 Å². The van der Waals surface area contributed by atoms with Crippen molar-refractivity contribution in [3.05, 3.63) is 0 Å². The molecule has 2 rings (SSSR count). The molecule has 14 atom stereocenters. The summed E-state index contributed by atoms with van der Waals surface area (Å²) >= 11 is 0. The van der Waals surface area contributed by atoms with Crippen LogP contribution in [-0.2, 0) is 71.8 Å². The van der Waals surface area contributed by atoms with Gasteiger partial charge in [0.25, 0.3) is 0 Å². The molecule has 2 saturated heterocycles. The summed E-state index contributed by atoms with van der Waals surface area (Å²) in [4.78, 5) is 193. The average molecular weight is 1450 g/mol. The first-order valence-electron chi connectivity index (χ1n) is 37.1. The molecule has 3 N–H and O–H groups in total. The van der Waals surface area contributed by atoms with Crippen molar-refractivity contribution in [2.24, 2.45) is 47.3 Å². The molecule has 0 unspecified atom stereocenters. The Kier molecular flexibility index (Phi) is 39.4. The van der Waals surface area contributed by atoms with Gasteiger partial charge in [-0.2, -0.15) is 5.06 Å². The number of hydrogen-bond acceptors (Lipinski definition) is 18. The Bertz CT molecular complexity index is 2750. The Balaban J connectivity index is 3.02. The molecule has 0 aromatic rings. The van der Waals surface area contributed by atoms with Gasteiger partial charge in [0.05, 0.1) is 45.2 Å². The lowest BCUT2D eigenvalue weighted by molar-refractivity contribution is -0.157. The minimum atomic E-state index is -1.72. The van der Waals surface area contributed by atoms with Gasteiger partial charge in [-0.05, 0) is 121 Å². The molecule has 0 radical (unpaired) electrons. The van der Waals surface area contributed by atoms with Crippen LogP contribution in [0.25, 0.3) is 0 Å². The van der Waals surface area contributed by atoms with Crippen molar-refractivity contribution in [1.82, 2.24) is 54.9 Å². The number of nitrogens with one attached hydrogen (secondary N) is 2. The van der Waals surface area contributed by atoms with Crippen molar-refractivity contribution < 1.29 is 81.7 Å². The average Bonchev–Trinajstić information content (AvgIpc) is 0.803. The van der Waals surface area contributed by atoms with E-state index in [9.17, 15) is 29.1 Å². The van der Waals surface area contributed by atoms with Crippen LogP contribution in [0.15, 0.2) is 0 Å². The van der Waals surface area contributed by atoms with Gasteiger partial charge in [0.1, 0.15) is 48.3 Å². The zero-order chi connectivity index (χ0) is 78.1. The van der Waals surface area contributed by atoms with Crippen molar-refractivity contribution in [2.45, 2.75) is 248 Å². The number of morpholine rings is 1. The Morgan fingerprint density at radius 2 is 1.05 bits per heavy atom. The molecule has 586 valence electrons. The summed E-state index contributed by atoms with van der Waals surface area (Å²) in [6, 6.07) is -11.6. The summed E-state index contributed by atoms with van der Waals surface area (Å²) in [6.45, 7) is 31.7. The summed E-state index contributed by atoms with van der Waals surface area (Å²) in [5.41, 5.74) is 0. The quantitative estimate of drug-likeness (QED) is 0.0831. The molecule has 2 aliphatic heterocycles. The van der Waals surface area contributed by atoms with Gasteiger partial charge in [-0.15, -0.1) is 0 Å². The van der Waals surface area contributed by atoms with Gasteiger partial charge in [-0.25, -0.2) is 4.79 Å². The van der Waals surface area contributed by atoms with E-state index in [4.69, 9.17) is 19.0 Å². The smallest absolute Gasteiger partial charge is 0.433 e. The van der Waals surface area contributed by atoms with Gasteiger partial charge in [0, 0.05) is 101 Å². The van der Waals surface area contributed by atoms with E-state index in [1.165, 1.54) is 102 Å². The predicted molar refractivity (Wildman–Crippen MR) is 388 cm³/mol. The molecule has 0 aromatic carbocycles. The van der Waals surface area contributed by atoms with E-state index in [-0.39, 0.29) is 75.9 Å². The van der Waals surface area contributed by atoms with Crippen molar-refractivity contribution in [3.63, 3.8) is 0 Å². The number of Topliss-reactive ketones (excluding diaryl/α,β-unsaturated/α-hetero) is 2. The first-order chi connectivity index (χ1) is 47.5. The number of ketones is 2. The fourth-order valence-electron chi connectivity index (χ4n) is 13.4. The molecule has 2 heterocycles. The number of carbonyl (C=O) groups is 12. The lowest BCUT2D eigenvalue weighted by atomic mass is 9.85. The minimum Gasteiger partial charge on any atom is -0.448 e. The fourth-order valence-corrected chi connectivity index (χ4v) is 13.4. The van der Waals surface area contributed by atoms with Crippen LogP contribution in [0.3, 0.4) is 0 Å². The molecule has 0 aromatic heterocycles. The highest BCUT2D eigenvalue weighted by molar-refractivity contribution is 6.00. The van der Waals surface area contributed by atoms with Crippen LogP contribution >= 0.6 is 0 Å². The van der Waals surface area contributed by atoms with Crippen LogP contribution in [0.2, 0.25) is 0 Å². The van der Waals surface area contributed by atoms with Crippen LogP contribution in [0.5, 0.6) is 0 Å².